The van der Waals surface area contributed by atoms with E-state index < -0.39 is 0 Å². The van der Waals surface area contributed by atoms with E-state index in [9.17, 15) is 4.79 Å². The van der Waals surface area contributed by atoms with Crippen LogP contribution >= 0.6 is 0 Å². The molecular formula is C14H24N4O2. The summed E-state index contributed by atoms with van der Waals surface area (Å²) in [4.78, 5) is 19.1. The summed E-state index contributed by atoms with van der Waals surface area (Å²) in [5.74, 6) is 0.822. The van der Waals surface area contributed by atoms with Crippen LogP contribution in [0.3, 0.4) is 0 Å². The molecule has 0 aromatic carbocycles. The monoisotopic (exact) mass is 280 g/mol. The van der Waals surface area contributed by atoms with Crippen LogP contribution in [-0.4, -0.2) is 41.7 Å². The number of aromatic nitrogens is 2. The van der Waals surface area contributed by atoms with E-state index in [4.69, 9.17) is 4.74 Å². The van der Waals surface area contributed by atoms with Gasteiger partial charge in [-0.15, -0.1) is 0 Å². The number of piperidine rings is 1. The van der Waals surface area contributed by atoms with Gasteiger partial charge in [0.05, 0.1) is 18.8 Å². The second-order valence-corrected chi connectivity index (χ2v) is 5.07. The zero-order chi connectivity index (χ0) is 14.2. The lowest BCUT2D eigenvalue weighted by Gasteiger charge is -2.23. The Morgan fingerprint density at radius 3 is 3.00 bits per heavy atom. The highest BCUT2D eigenvalue weighted by atomic mass is 16.5. The first-order valence-corrected chi connectivity index (χ1v) is 7.40. The topological polar surface area (TPSA) is 79.0 Å². The van der Waals surface area contributed by atoms with Crippen LogP contribution in [0.2, 0.25) is 0 Å². The fourth-order valence-corrected chi connectivity index (χ4v) is 2.38. The first-order chi connectivity index (χ1) is 9.79. The van der Waals surface area contributed by atoms with Gasteiger partial charge in [0.25, 0.3) is 0 Å². The summed E-state index contributed by atoms with van der Waals surface area (Å²) < 4.78 is 5.74. The Kier molecular flexibility index (Phi) is 6.01. The molecule has 20 heavy (non-hydrogen) atoms. The minimum atomic E-state index is -0.0450. The molecule has 2 heterocycles. The summed E-state index contributed by atoms with van der Waals surface area (Å²) in [5, 5.41) is 6.28. The number of nitrogens with one attached hydrogen (secondary N) is 3. The summed E-state index contributed by atoms with van der Waals surface area (Å²) in [6.07, 6.45) is 7.05. The predicted molar refractivity (Wildman–Crippen MR) is 76.2 cm³/mol. The van der Waals surface area contributed by atoms with E-state index in [1.54, 1.807) is 12.4 Å². The van der Waals surface area contributed by atoms with Crippen molar-refractivity contribution >= 4 is 5.91 Å². The quantitative estimate of drug-likeness (QED) is 0.699. The first-order valence-electron chi connectivity index (χ1n) is 7.40. The molecule has 1 aromatic heterocycles. The van der Waals surface area contributed by atoms with E-state index in [0.29, 0.717) is 19.1 Å². The van der Waals surface area contributed by atoms with E-state index in [0.717, 1.165) is 38.2 Å². The van der Waals surface area contributed by atoms with Crippen molar-refractivity contribution in [2.75, 3.05) is 19.7 Å². The van der Waals surface area contributed by atoms with Gasteiger partial charge in [0.15, 0.2) is 0 Å². The molecule has 1 amide bonds. The smallest absolute Gasteiger partial charge is 0.222 e. The number of hydrogen-bond donors (Lipinski definition) is 3. The van der Waals surface area contributed by atoms with Gasteiger partial charge in [-0.3, -0.25) is 4.79 Å². The molecule has 0 radical (unpaired) electrons. The van der Waals surface area contributed by atoms with Crippen LogP contribution < -0.4 is 10.6 Å². The molecule has 1 unspecified atom stereocenters. The van der Waals surface area contributed by atoms with Gasteiger partial charge in [0.1, 0.15) is 5.82 Å². The maximum atomic E-state index is 11.9. The molecule has 1 aliphatic heterocycles. The molecule has 1 aliphatic rings. The van der Waals surface area contributed by atoms with Crippen molar-refractivity contribution in [1.82, 2.24) is 20.6 Å². The van der Waals surface area contributed by atoms with Gasteiger partial charge in [-0.2, -0.15) is 0 Å². The number of imidazole rings is 1. The lowest BCUT2D eigenvalue weighted by molar-refractivity contribution is -0.123. The minimum absolute atomic E-state index is 0.0159. The number of carbonyl (C=O) groups excluding carboxylic acids is 1. The van der Waals surface area contributed by atoms with Crippen molar-refractivity contribution in [2.24, 2.45) is 0 Å². The van der Waals surface area contributed by atoms with Gasteiger partial charge >= 0.3 is 0 Å². The SMILES string of the molecule is CCC(NC(=O)CCOC1CCNCC1)c1ncc[nH]1. The molecule has 0 saturated carbocycles. The van der Waals surface area contributed by atoms with Gasteiger partial charge in [-0.05, 0) is 32.4 Å². The molecular weight excluding hydrogens is 256 g/mol. The van der Waals surface area contributed by atoms with Crippen molar-refractivity contribution in [2.45, 2.75) is 44.8 Å². The van der Waals surface area contributed by atoms with Crippen molar-refractivity contribution in [3.8, 4) is 0 Å². The summed E-state index contributed by atoms with van der Waals surface area (Å²) in [7, 11) is 0. The first kappa shape index (κ1) is 15.0. The highest BCUT2D eigenvalue weighted by Crippen LogP contribution is 2.12. The Morgan fingerprint density at radius 1 is 1.55 bits per heavy atom. The third-order valence-electron chi connectivity index (χ3n) is 3.56. The fraction of sp³-hybridized carbons (Fsp3) is 0.714. The summed E-state index contributed by atoms with van der Waals surface area (Å²) in [6.45, 7) is 4.53. The fourth-order valence-electron chi connectivity index (χ4n) is 2.38. The molecule has 1 fully saturated rings. The largest absolute Gasteiger partial charge is 0.378 e. The standard InChI is InChI=1S/C14H24N4O2/c1-2-12(14-16-8-9-17-14)18-13(19)5-10-20-11-3-6-15-7-4-11/h8-9,11-12,15H,2-7,10H2,1H3,(H,16,17)(H,18,19). The van der Waals surface area contributed by atoms with Gasteiger partial charge in [0, 0.05) is 18.8 Å². The zero-order valence-electron chi connectivity index (χ0n) is 12.0. The van der Waals surface area contributed by atoms with Crippen LogP contribution in [0.4, 0.5) is 0 Å². The zero-order valence-corrected chi connectivity index (χ0v) is 12.0. The molecule has 6 heteroatoms. The summed E-state index contributed by atoms with van der Waals surface area (Å²) in [6, 6.07) is -0.0450. The van der Waals surface area contributed by atoms with Crippen LogP contribution in [0.25, 0.3) is 0 Å². The maximum Gasteiger partial charge on any atom is 0.222 e. The van der Waals surface area contributed by atoms with Crippen molar-refractivity contribution in [3.05, 3.63) is 18.2 Å². The van der Waals surface area contributed by atoms with Crippen LogP contribution in [-0.2, 0) is 9.53 Å². The molecule has 0 bridgehead atoms. The Morgan fingerprint density at radius 2 is 2.35 bits per heavy atom. The number of carbonyl (C=O) groups is 1. The van der Waals surface area contributed by atoms with E-state index in [-0.39, 0.29) is 11.9 Å². The normalized spacial score (nSPS) is 17.9. The molecule has 2 rings (SSSR count). The van der Waals surface area contributed by atoms with Crippen molar-refractivity contribution in [1.29, 1.82) is 0 Å². The van der Waals surface area contributed by atoms with Crippen LogP contribution in [0.5, 0.6) is 0 Å². The molecule has 1 atom stereocenters. The number of nitrogens with zero attached hydrogens (tertiary/aromatic N) is 1. The maximum absolute atomic E-state index is 11.9. The average Bonchev–Trinajstić information content (AvgIpc) is 3.00. The molecule has 3 N–H and O–H groups in total. The van der Waals surface area contributed by atoms with Crippen LogP contribution in [0.1, 0.15) is 44.5 Å². The lowest BCUT2D eigenvalue weighted by atomic mass is 10.1. The Bertz CT molecular complexity index is 388. The lowest BCUT2D eigenvalue weighted by Crippen LogP contribution is -2.34. The molecule has 0 spiro atoms. The second kappa shape index (κ2) is 8.01. The van der Waals surface area contributed by atoms with Crippen LogP contribution in [0, 0.1) is 0 Å². The highest BCUT2D eigenvalue weighted by Gasteiger charge is 2.16. The summed E-state index contributed by atoms with van der Waals surface area (Å²) >= 11 is 0. The second-order valence-electron chi connectivity index (χ2n) is 5.07. The molecule has 1 aromatic rings. The van der Waals surface area contributed by atoms with E-state index in [1.165, 1.54) is 0 Å². The number of aromatic amines is 1. The van der Waals surface area contributed by atoms with Crippen molar-refractivity contribution in [3.63, 3.8) is 0 Å². The average molecular weight is 280 g/mol. The Hall–Kier alpha value is -1.40. The van der Waals surface area contributed by atoms with E-state index in [1.807, 2.05) is 6.92 Å². The Balaban J connectivity index is 1.66. The number of H-pyrrole nitrogens is 1. The number of amides is 1. The minimum Gasteiger partial charge on any atom is -0.378 e. The molecule has 6 nitrogen and oxygen atoms in total. The Labute approximate surface area is 119 Å². The summed E-state index contributed by atoms with van der Waals surface area (Å²) in [5.41, 5.74) is 0. The molecule has 0 aliphatic carbocycles. The molecule has 112 valence electrons. The number of rotatable bonds is 7. The number of ether oxygens (including phenoxy) is 1. The van der Waals surface area contributed by atoms with E-state index in [2.05, 4.69) is 20.6 Å². The molecule has 1 saturated heterocycles. The van der Waals surface area contributed by atoms with Crippen LogP contribution in [0.15, 0.2) is 12.4 Å². The predicted octanol–water partition coefficient (Wildman–Crippen LogP) is 1.14. The third-order valence-corrected chi connectivity index (χ3v) is 3.56. The van der Waals surface area contributed by atoms with E-state index >= 15 is 0 Å². The van der Waals surface area contributed by atoms with Gasteiger partial charge < -0.3 is 20.4 Å². The van der Waals surface area contributed by atoms with Crippen molar-refractivity contribution < 1.29 is 9.53 Å². The van der Waals surface area contributed by atoms with Gasteiger partial charge in [-0.1, -0.05) is 6.92 Å². The van der Waals surface area contributed by atoms with Gasteiger partial charge in [-0.25, -0.2) is 4.98 Å². The number of hydrogen-bond acceptors (Lipinski definition) is 4. The highest BCUT2D eigenvalue weighted by molar-refractivity contribution is 5.76. The third kappa shape index (κ3) is 4.61. The van der Waals surface area contributed by atoms with Gasteiger partial charge in [0.2, 0.25) is 5.91 Å².